The highest BCUT2D eigenvalue weighted by atomic mass is 16.1. The first kappa shape index (κ1) is 22.5. The minimum absolute atomic E-state index is 0.0141. The van der Waals surface area contributed by atoms with Crippen LogP contribution in [0.5, 0.6) is 0 Å². The van der Waals surface area contributed by atoms with Gasteiger partial charge in [0.1, 0.15) is 5.82 Å². The third kappa shape index (κ3) is 4.81. The molecule has 0 bridgehead atoms. The quantitative estimate of drug-likeness (QED) is 0.615. The number of amides is 1. The van der Waals surface area contributed by atoms with Gasteiger partial charge in [0.05, 0.1) is 10.9 Å². The Bertz CT molecular complexity index is 1270. The second-order valence-corrected chi connectivity index (χ2v) is 9.03. The number of likely N-dealkylation sites (N-methyl/N-ethyl adjacent to an activating group) is 1. The largest absolute Gasteiger partial charge is 0.326 e. The number of rotatable bonds is 6. The van der Waals surface area contributed by atoms with Gasteiger partial charge in [-0.1, -0.05) is 37.3 Å². The first-order chi connectivity index (χ1) is 16.6. The van der Waals surface area contributed by atoms with Crippen LogP contribution < -0.4 is 10.9 Å². The first-order valence-electron chi connectivity index (χ1n) is 12.2. The predicted octanol–water partition coefficient (Wildman–Crippen LogP) is 3.31. The maximum atomic E-state index is 13.1. The number of hydrogen-bond donors (Lipinski definition) is 1. The van der Waals surface area contributed by atoms with Gasteiger partial charge in [0.25, 0.3) is 5.56 Å². The van der Waals surface area contributed by atoms with Crippen molar-refractivity contribution in [3.8, 4) is 0 Å². The Kier molecular flexibility index (Phi) is 6.56. The molecule has 176 valence electrons. The van der Waals surface area contributed by atoms with Crippen LogP contribution in [0.2, 0.25) is 0 Å². The van der Waals surface area contributed by atoms with E-state index in [-0.39, 0.29) is 11.5 Å². The Balaban J connectivity index is 1.30. The van der Waals surface area contributed by atoms with Gasteiger partial charge in [0, 0.05) is 51.4 Å². The van der Waals surface area contributed by atoms with Crippen LogP contribution in [0.15, 0.2) is 53.3 Å². The normalized spacial score (nSPS) is 17.9. The minimum Gasteiger partial charge on any atom is -0.326 e. The lowest BCUT2D eigenvalue weighted by molar-refractivity contribution is -0.116. The molecule has 3 aromatic rings. The van der Waals surface area contributed by atoms with E-state index in [2.05, 4.69) is 28.1 Å². The van der Waals surface area contributed by atoms with Crippen LogP contribution in [0.4, 0.5) is 5.69 Å². The molecule has 0 saturated carbocycles. The number of allylic oxidation sites excluding steroid dienone is 1. The number of fused-ring (bicyclic) bond motifs is 2. The molecular formula is C27H31N5O2. The Morgan fingerprint density at radius 1 is 1.03 bits per heavy atom. The van der Waals surface area contributed by atoms with Crippen molar-refractivity contribution in [3.05, 3.63) is 70.3 Å². The Morgan fingerprint density at radius 2 is 1.79 bits per heavy atom. The van der Waals surface area contributed by atoms with Crippen LogP contribution in [-0.2, 0) is 11.3 Å². The monoisotopic (exact) mass is 457 g/mol. The van der Waals surface area contributed by atoms with E-state index in [4.69, 9.17) is 4.98 Å². The highest BCUT2D eigenvalue weighted by Crippen LogP contribution is 2.28. The van der Waals surface area contributed by atoms with Gasteiger partial charge in [-0.15, -0.1) is 0 Å². The van der Waals surface area contributed by atoms with Crippen LogP contribution in [0, 0.1) is 0 Å². The minimum atomic E-state index is -0.0273. The van der Waals surface area contributed by atoms with E-state index in [0.29, 0.717) is 29.6 Å². The molecule has 2 aliphatic rings. The number of anilines is 1. The number of carbonyl (C=O) groups is 1. The summed E-state index contributed by atoms with van der Waals surface area (Å²) in [5.74, 6) is 0.705. The van der Waals surface area contributed by atoms with Gasteiger partial charge in [-0.3, -0.25) is 14.2 Å². The summed E-state index contributed by atoms with van der Waals surface area (Å²) in [7, 11) is 0. The molecule has 3 heterocycles. The smallest absolute Gasteiger partial charge is 0.261 e. The number of hydrogen-bond acceptors (Lipinski definition) is 5. The summed E-state index contributed by atoms with van der Waals surface area (Å²) in [6.07, 6.45) is 3.33. The molecule has 1 fully saturated rings. The van der Waals surface area contributed by atoms with E-state index in [0.717, 1.165) is 62.7 Å². The highest BCUT2D eigenvalue weighted by molar-refractivity contribution is 5.94. The topological polar surface area (TPSA) is 70.5 Å². The molecule has 0 atom stereocenters. The fraction of sp³-hybridized carbons (Fsp3) is 0.370. The number of nitrogens with zero attached hydrogens (tertiary/aromatic N) is 4. The van der Waals surface area contributed by atoms with Gasteiger partial charge in [-0.25, -0.2) is 4.98 Å². The number of nitrogens with one attached hydrogen (secondary N) is 1. The fourth-order valence-electron chi connectivity index (χ4n) is 4.79. The SMILES string of the molecule is CCN1CCN(CCC(=O)Nc2ccc3c(=O)n4c(nc3c2)C(=Cc2ccccc2)CC4)CC1. The average molecular weight is 458 g/mol. The summed E-state index contributed by atoms with van der Waals surface area (Å²) in [5, 5.41) is 3.57. The second-order valence-electron chi connectivity index (χ2n) is 9.03. The number of piperazine rings is 1. The summed E-state index contributed by atoms with van der Waals surface area (Å²) in [6, 6.07) is 15.5. The maximum absolute atomic E-state index is 13.1. The van der Waals surface area contributed by atoms with E-state index in [9.17, 15) is 9.59 Å². The molecule has 34 heavy (non-hydrogen) atoms. The van der Waals surface area contributed by atoms with Gasteiger partial charge < -0.3 is 15.1 Å². The standard InChI is InChI=1S/C27H31N5O2/c1-2-30-14-16-31(17-15-30)12-11-25(33)28-22-8-9-23-24(19-22)29-26-21(10-13-32(26)27(23)34)18-20-6-4-3-5-7-20/h3-9,18-19H,2,10-17H2,1H3,(H,28,33). The summed E-state index contributed by atoms with van der Waals surface area (Å²) in [5.41, 5.74) is 3.42. The van der Waals surface area contributed by atoms with Gasteiger partial charge in [0.15, 0.2) is 0 Å². The number of aromatic nitrogens is 2. The summed E-state index contributed by atoms with van der Waals surface area (Å²) in [4.78, 5) is 35.3. The molecule has 0 spiro atoms. The van der Waals surface area contributed by atoms with Gasteiger partial charge >= 0.3 is 0 Å². The maximum Gasteiger partial charge on any atom is 0.261 e. The van der Waals surface area contributed by atoms with Crippen LogP contribution in [0.3, 0.4) is 0 Å². The van der Waals surface area contributed by atoms with Crippen molar-refractivity contribution < 1.29 is 4.79 Å². The molecule has 0 unspecified atom stereocenters. The third-order valence-electron chi connectivity index (χ3n) is 6.84. The van der Waals surface area contributed by atoms with Crippen LogP contribution in [0.25, 0.3) is 22.6 Å². The van der Waals surface area contributed by atoms with E-state index >= 15 is 0 Å². The molecule has 7 nitrogen and oxygen atoms in total. The lowest BCUT2D eigenvalue weighted by Crippen LogP contribution is -2.46. The molecule has 0 radical (unpaired) electrons. The number of benzene rings is 2. The van der Waals surface area contributed by atoms with Crippen molar-refractivity contribution >= 4 is 34.1 Å². The van der Waals surface area contributed by atoms with Crippen molar-refractivity contribution in [3.63, 3.8) is 0 Å². The fourth-order valence-corrected chi connectivity index (χ4v) is 4.79. The van der Waals surface area contributed by atoms with Crippen molar-refractivity contribution in [1.82, 2.24) is 19.4 Å². The van der Waals surface area contributed by atoms with Crippen molar-refractivity contribution in [1.29, 1.82) is 0 Å². The van der Waals surface area contributed by atoms with Crippen molar-refractivity contribution in [2.24, 2.45) is 0 Å². The predicted molar refractivity (Wildman–Crippen MR) is 137 cm³/mol. The molecule has 2 aliphatic heterocycles. The van der Waals surface area contributed by atoms with E-state index in [1.165, 1.54) is 0 Å². The zero-order chi connectivity index (χ0) is 23.5. The third-order valence-corrected chi connectivity index (χ3v) is 6.84. The average Bonchev–Trinajstić information content (AvgIpc) is 3.26. The van der Waals surface area contributed by atoms with Crippen LogP contribution in [-0.4, -0.2) is 64.5 Å². The lowest BCUT2D eigenvalue weighted by atomic mass is 10.1. The first-order valence-corrected chi connectivity index (χ1v) is 12.2. The number of carbonyl (C=O) groups excluding carboxylic acids is 1. The molecule has 1 amide bonds. The second kappa shape index (κ2) is 9.91. The van der Waals surface area contributed by atoms with Crippen LogP contribution >= 0.6 is 0 Å². The molecular weight excluding hydrogens is 426 g/mol. The van der Waals surface area contributed by atoms with E-state index < -0.39 is 0 Å². The van der Waals surface area contributed by atoms with Gasteiger partial charge in [-0.2, -0.15) is 0 Å². The molecule has 7 heteroatoms. The van der Waals surface area contributed by atoms with E-state index in [1.807, 2.05) is 36.4 Å². The Morgan fingerprint density at radius 3 is 2.56 bits per heavy atom. The Hall–Kier alpha value is -3.29. The van der Waals surface area contributed by atoms with Gasteiger partial charge in [0.2, 0.25) is 5.91 Å². The van der Waals surface area contributed by atoms with Crippen LogP contribution in [0.1, 0.15) is 31.2 Å². The molecule has 2 aromatic carbocycles. The molecule has 1 aromatic heterocycles. The molecule has 1 N–H and O–H groups in total. The van der Waals surface area contributed by atoms with Crippen molar-refractivity contribution in [2.75, 3.05) is 44.6 Å². The molecule has 0 aliphatic carbocycles. The van der Waals surface area contributed by atoms with Crippen molar-refractivity contribution in [2.45, 2.75) is 26.3 Å². The van der Waals surface area contributed by atoms with Gasteiger partial charge in [-0.05, 0) is 48.4 Å². The lowest BCUT2D eigenvalue weighted by Gasteiger charge is -2.33. The Labute approximate surface area is 199 Å². The zero-order valence-electron chi connectivity index (χ0n) is 19.7. The van der Waals surface area contributed by atoms with E-state index in [1.54, 1.807) is 16.7 Å². The molecule has 5 rings (SSSR count). The summed E-state index contributed by atoms with van der Waals surface area (Å²) < 4.78 is 1.76. The molecule has 1 saturated heterocycles. The summed E-state index contributed by atoms with van der Waals surface area (Å²) >= 11 is 0. The highest BCUT2D eigenvalue weighted by Gasteiger charge is 2.21. The zero-order valence-corrected chi connectivity index (χ0v) is 19.7. The summed E-state index contributed by atoms with van der Waals surface area (Å²) in [6.45, 7) is 8.82.